The van der Waals surface area contributed by atoms with E-state index in [0.717, 1.165) is 17.7 Å². The molecule has 1 N–H and O–H groups in total. The summed E-state index contributed by atoms with van der Waals surface area (Å²) in [5.41, 5.74) is 3.67. The van der Waals surface area contributed by atoms with Crippen molar-refractivity contribution in [2.24, 2.45) is 5.18 Å². The van der Waals surface area contributed by atoms with Crippen LogP contribution in [-0.2, 0) is 4.74 Å². The van der Waals surface area contributed by atoms with E-state index in [9.17, 15) is 4.91 Å². The fourth-order valence-electron chi connectivity index (χ4n) is 2.72. The number of hydrogen-bond acceptors (Lipinski definition) is 4. The van der Waals surface area contributed by atoms with Crippen molar-refractivity contribution in [2.75, 3.05) is 12.4 Å². The van der Waals surface area contributed by atoms with Crippen LogP contribution in [0, 0.1) is 4.91 Å². The van der Waals surface area contributed by atoms with Crippen LogP contribution < -0.4 is 5.32 Å². The summed E-state index contributed by atoms with van der Waals surface area (Å²) < 4.78 is 5.59. The average molecular weight is 268 g/mol. The first-order chi connectivity index (χ1) is 9.81. The number of nitrogens with zero attached hydrogens (tertiary/aromatic N) is 1. The molecule has 1 heterocycles. The average Bonchev–Trinajstić information content (AvgIpc) is 2.54. The highest BCUT2D eigenvalue weighted by Gasteiger charge is 2.27. The van der Waals surface area contributed by atoms with Gasteiger partial charge in [-0.05, 0) is 28.9 Å². The first-order valence-electron chi connectivity index (χ1n) is 6.63. The molecule has 0 radical (unpaired) electrons. The molecule has 2 aromatic carbocycles. The zero-order chi connectivity index (χ0) is 13.9. The molecule has 3 rings (SSSR count). The first-order valence-corrected chi connectivity index (χ1v) is 6.63. The Hall–Kier alpha value is -2.20. The van der Waals surface area contributed by atoms with Crippen molar-refractivity contribution in [3.8, 4) is 0 Å². The van der Waals surface area contributed by atoms with Gasteiger partial charge in [-0.1, -0.05) is 30.3 Å². The van der Waals surface area contributed by atoms with Crippen molar-refractivity contribution in [2.45, 2.75) is 18.6 Å². The number of ether oxygens (including phenoxy) is 1. The Kier molecular flexibility index (Phi) is 3.48. The van der Waals surface area contributed by atoms with Gasteiger partial charge in [0, 0.05) is 24.8 Å². The number of fused-ring (bicyclic) bond motifs is 1. The fraction of sp³-hybridized carbons (Fsp3) is 0.250. The van der Waals surface area contributed by atoms with Crippen LogP contribution in [0.1, 0.15) is 29.7 Å². The first kappa shape index (κ1) is 12.8. The van der Waals surface area contributed by atoms with E-state index in [1.165, 1.54) is 5.56 Å². The Morgan fingerprint density at radius 2 is 2.00 bits per heavy atom. The summed E-state index contributed by atoms with van der Waals surface area (Å²) in [4.78, 5) is 10.7. The zero-order valence-corrected chi connectivity index (χ0v) is 11.2. The van der Waals surface area contributed by atoms with Crippen molar-refractivity contribution < 1.29 is 4.74 Å². The molecule has 0 fully saturated rings. The molecule has 0 aliphatic carbocycles. The summed E-state index contributed by atoms with van der Waals surface area (Å²) in [7, 11) is 1.70. The van der Waals surface area contributed by atoms with E-state index >= 15 is 0 Å². The molecule has 1 aliphatic heterocycles. The van der Waals surface area contributed by atoms with Gasteiger partial charge in [0.25, 0.3) is 0 Å². The van der Waals surface area contributed by atoms with Gasteiger partial charge in [-0.3, -0.25) is 0 Å². The van der Waals surface area contributed by atoms with E-state index in [4.69, 9.17) is 4.74 Å². The third-order valence-electron chi connectivity index (χ3n) is 3.75. The van der Waals surface area contributed by atoms with Gasteiger partial charge in [0.2, 0.25) is 0 Å². The minimum atomic E-state index is -0.0295. The second-order valence-electron chi connectivity index (χ2n) is 4.93. The molecule has 0 saturated heterocycles. The predicted molar refractivity (Wildman–Crippen MR) is 79.1 cm³/mol. The highest BCUT2D eigenvalue weighted by Crippen LogP contribution is 2.41. The van der Waals surface area contributed by atoms with E-state index in [-0.39, 0.29) is 12.1 Å². The van der Waals surface area contributed by atoms with Crippen LogP contribution in [0.25, 0.3) is 0 Å². The maximum absolute atomic E-state index is 10.7. The van der Waals surface area contributed by atoms with E-state index in [2.05, 4.69) is 22.6 Å². The second-order valence-corrected chi connectivity index (χ2v) is 4.93. The molecular formula is C16H16N2O2. The van der Waals surface area contributed by atoms with Crippen LogP contribution in [0.5, 0.6) is 0 Å². The van der Waals surface area contributed by atoms with Gasteiger partial charge in [-0.2, -0.15) is 0 Å². The third-order valence-corrected chi connectivity index (χ3v) is 3.75. The number of nitroso groups, excluding NO2 is 1. The number of rotatable bonds is 3. The van der Waals surface area contributed by atoms with Crippen molar-refractivity contribution in [1.29, 1.82) is 0 Å². The van der Waals surface area contributed by atoms with Crippen molar-refractivity contribution in [1.82, 2.24) is 0 Å². The molecule has 1 aliphatic rings. The van der Waals surface area contributed by atoms with Crippen LogP contribution in [0.3, 0.4) is 0 Å². The maximum atomic E-state index is 10.7. The Balaban J connectivity index is 1.97. The Bertz CT molecular complexity index is 613. The fourth-order valence-corrected chi connectivity index (χ4v) is 2.72. The topological polar surface area (TPSA) is 50.7 Å². The molecule has 20 heavy (non-hydrogen) atoms. The van der Waals surface area contributed by atoms with Crippen LogP contribution in [0.4, 0.5) is 11.4 Å². The molecule has 4 heteroatoms. The lowest BCUT2D eigenvalue weighted by Gasteiger charge is -2.32. The second kappa shape index (κ2) is 5.43. The van der Waals surface area contributed by atoms with Gasteiger partial charge in [-0.25, -0.2) is 0 Å². The minimum Gasteiger partial charge on any atom is -0.378 e. The summed E-state index contributed by atoms with van der Waals surface area (Å²) in [6.45, 7) is 0. The van der Waals surface area contributed by atoms with Gasteiger partial charge in [0.05, 0.1) is 12.1 Å². The van der Waals surface area contributed by atoms with Gasteiger partial charge < -0.3 is 10.1 Å². The van der Waals surface area contributed by atoms with Gasteiger partial charge in [0.1, 0.15) is 5.69 Å². The summed E-state index contributed by atoms with van der Waals surface area (Å²) in [6, 6.07) is 15.9. The van der Waals surface area contributed by atoms with Crippen LogP contribution in [0.15, 0.2) is 53.7 Å². The number of hydrogen-bond donors (Lipinski definition) is 1. The smallest absolute Gasteiger partial charge is 0.108 e. The molecule has 102 valence electrons. The third kappa shape index (κ3) is 2.30. The maximum Gasteiger partial charge on any atom is 0.108 e. The summed E-state index contributed by atoms with van der Waals surface area (Å²) in [5.74, 6) is 0. The van der Waals surface area contributed by atoms with E-state index in [1.807, 2.05) is 24.3 Å². The molecule has 4 nitrogen and oxygen atoms in total. The van der Waals surface area contributed by atoms with E-state index in [0.29, 0.717) is 5.69 Å². The minimum absolute atomic E-state index is 0.0295. The number of methoxy groups -OCH3 is 1. The van der Waals surface area contributed by atoms with Crippen LogP contribution in [-0.4, -0.2) is 7.11 Å². The lowest BCUT2D eigenvalue weighted by atomic mass is 9.91. The Labute approximate surface area is 117 Å². The van der Waals surface area contributed by atoms with Crippen molar-refractivity contribution in [3.63, 3.8) is 0 Å². The molecule has 0 saturated carbocycles. The van der Waals surface area contributed by atoms with Crippen LogP contribution in [0.2, 0.25) is 0 Å². The molecule has 2 aromatic rings. The standard InChI is InChI=1S/C16H16N2O2/c1-20-16-10-15(11-5-3-2-4-6-11)17-14-8-7-12(18-19)9-13(14)16/h2-9,15-17H,10H2,1H3. The number of nitrogens with one attached hydrogen (secondary N) is 1. The quantitative estimate of drug-likeness (QED) is 0.843. The van der Waals surface area contributed by atoms with E-state index < -0.39 is 0 Å². The molecule has 0 spiro atoms. The summed E-state index contributed by atoms with van der Waals surface area (Å²) in [5, 5.41) is 6.50. The predicted octanol–water partition coefficient (Wildman–Crippen LogP) is 4.33. The molecule has 2 atom stereocenters. The lowest BCUT2D eigenvalue weighted by Crippen LogP contribution is -2.22. The highest BCUT2D eigenvalue weighted by atomic mass is 16.5. The molecule has 0 amide bonds. The zero-order valence-electron chi connectivity index (χ0n) is 11.2. The van der Waals surface area contributed by atoms with Crippen LogP contribution >= 0.6 is 0 Å². The number of benzene rings is 2. The normalized spacial score (nSPS) is 20.9. The van der Waals surface area contributed by atoms with Crippen molar-refractivity contribution in [3.05, 3.63) is 64.6 Å². The Morgan fingerprint density at radius 3 is 2.70 bits per heavy atom. The summed E-state index contributed by atoms with van der Waals surface area (Å²) >= 11 is 0. The van der Waals surface area contributed by atoms with Gasteiger partial charge in [-0.15, -0.1) is 4.91 Å². The SMILES string of the molecule is COC1CC(c2ccccc2)Nc2ccc(N=O)cc21. The monoisotopic (exact) mass is 268 g/mol. The lowest BCUT2D eigenvalue weighted by molar-refractivity contribution is 0.0879. The molecule has 2 unspecified atom stereocenters. The summed E-state index contributed by atoms with van der Waals surface area (Å²) in [6.07, 6.45) is 0.800. The molecule has 0 bridgehead atoms. The number of anilines is 1. The van der Waals surface area contributed by atoms with Crippen molar-refractivity contribution >= 4 is 11.4 Å². The molecule has 0 aromatic heterocycles. The highest BCUT2D eigenvalue weighted by molar-refractivity contribution is 5.61. The van der Waals surface area contributed by atoms with Gasteiger partial charge in [0.15, 0.2) is 0 Å². The molecular weight excluding hydrogens is 252 g/mol. The van der Waals surface area contributed by atoms with Gasteiger partial charge >= 0.3 is 0 Å². The van der Waals surface area contributed by atoms with E-state index in [1.54, 1.807) is 19.2 Å². The largest absolute Gasteiger partial charge is 0.378 e. The Morgan fingerprint density at radius 1 is 1.20 bits per heavy atom.